The van der Waals surface area contributed by atoms with Crippen molar-refractivity contribution in [2.45, 2.75) is 25.7 Å². The Morgan fingerprint density at radius 3 is 2.73 bits per heavy atom. The van der Waals surface area contributed by atoms with Crippen molar-refractivity contribution in [3.63, 3.8) is 0 Å². The zero-order valence-corrected chi connectivity index (χ0v) is 12.6. The molecule has 2 amide bonds. The molecule has 5 heteroatoms. The number of nitrogens with zero attached hydrogens (tertiary/aromatic N) is 4. The van der Waals surface area contributed by atoms with Gasteiger partial charge in [0.05, 0.1) is 11.9 Å². The highest BCUT2D eigenvalue weighted by molar-refractivity contribution is 6.06. The van der Waals surface area contributed by atoms with E-state index in [1.165, 1.54) is 18.4 Å². The van der Waals surface area contributed by atoms with Crippen molar-refractivity contribution in [1.29, 1.82) is 0 Å². The maximum Gasteiger partial charge on any atom is 0.329 e. The van der Waals surface area contributed by atoms with Crippen LogP contribution in [0.15, 0.2) is 36.8 Å². The fourth-order valence-corrected chi connectivity index (χ4v) is 3.06. The molecule has 1 saturated heterocycles. The van der Waals surface area contributed by atoms with Crippen LogP contribution in [0.5, 0.6) is 0 Å². The monoisotopic (exact) mass is 294 g/mol. The van der Waals surface area contributed by atoms with Crippen molar-refractivity contribution in [3.05, 3.63) is 48.0 Å². The molecule has 2 aromatic rings. The van der Waals surface area contributed by atoms with Gasteiger partial charge in [-0.1, -0.05) is 0 Å². The molecule has 2 aromatic heterocycles. The Labute approximate surface area is 129 Å². The third kappa shape index (κ3) is 2.22. The minimum absolute atomic E-state index is 0.0282. The maximum absolute atomic E-state index is 12.8. The highest BCUT2D eigenvalue weighted by Crippen LogP contribution is 2.44. The van der Waals surface area contributed by atoms with Crippen molar-refractivity contribution < 1.29 is 4.79 Å². The van der Waals surface area contributed by atoms with E-state index in [1.807, 2.05) is 41.2 Å². The molecular weight excluding hydrogens is 276 g/mol. The van der Waals surface area contributed by atoms with Gasteiger partial charge in [0.1, 0.15) is 0 Å². The maximum atomic E-state index is 12.8. The average Bonchev–Trinajstić information content (AvgIpc) is 3.30. The highest BCUT2D eigenvalue weighted by atomic mass is 16.2. The summed E-state index contributed by atoms with van der Waals surface area (Å²) in [7, 11) is 0. The molecule has 1 saturated carbocycles. The van der Waals surface area contributed by atoms with E-state index in [2.05, 4.69) is 16.0 Å². The lowest BCUT2D eigenvalue weighted by Crippen LogP contribution is -2.32. The molecule has 0 radical (unpaired) electrons. The molecule has 5 nitrogen and oxygen atoms in total. The number of urea groups is 1. The molecule has 22 heavy (non-hydrogen) atoms. The number of hydrogen-bond acceptors (Lipinski definition) is 3. The third-order valence-corrected chi connectivity index (χ3v) is 4.34. The summed E-state index contributed by atoms with van der Waals surface area (Å²) in [6.45, 7) is 3.33. The molecule has 112 valence electrons. The number of aryl methyl sites for hydroxylation is 1. The molecule has 0 aromatic carbocycles. The van der Waals surface area contributed by atoms with Crippen LogP contribution in [-0.4, -0.2) is 29.1 Å². The Hall–Kier alpha value is -2.43. The smallest absolute Gasteiger partial charge is 0.292 e. The van der Waals surface area contributed by atoms with E-state index >= 15 is 0 Å². The van der Waals surface area contributed by atoms with E-state index in [1.54, 1.807) is 6.20 Å². The molecule has 1 aliphatic carbocycles. The van der Waals surface area contributed by atoms with Gasteiger partial charge in [0.2, 0.25) is 0 Å². The van der Waals surface area contributed by atoms with Crippen LogP contribution in [-0.2, 0) is 0 Å². The summed E-state index contributed by atoms with van der Waals surface area (Å²) in [5.74, 6) is 0.600. The first-order chi connectivity index (χ1) is 10.7. The van der Waals surface area contributed by atoms with Gasteiger partial charge in [0.15, 0.2) is 0 Å². The van der Waals surface area contributed by atoms with Gasteiger partial charge >= 0.3 is 6.03 Å². The number of pyridine rings is 2. The van der Waals surface area contributed by atoms with Crippen LogP contribution in [0.4, 0.5) is 16.2 Å². The van der Waals surface area contributed by atoms with Gasteiger partial charge in [-0.25, -0.2) is 4.79 Å². The molecule has 3 heterocycles. The number of carbonyl (C=O) groups is 1. The standard InChI is InChI=1S/C17H18N4O/c1-12-10-14(4-7-19-12)20-8-9-21(17(20)22)16-11-18-6-5-15(16)13-2-3-13/h4-7,10-11,13H,2-3,8-9H2,1H3. The van der Waals surface area contributed by atoms with Crippen molar-refractivity contribution >= 4 is 17.4 Å². The number of hydrogen-bond donors (Lipinski definition) is 0. The second kappa shape index (κ2) is 5.09. The van der Waals surface area contributed by atoms with Gasteiger partial charge in [-0.3, -0.25) is 19.8 Å². The van der Waals surface area contributed by atoms with Gasteiger partial charge < -0.3 is 0 Å². The Bertz CT molecular complexity index is 726. The van der Waals surface area contributed by atoms with Crippen molar-refractivity contribution in [2.75, 3.05) is 22.9 Å². The van der Waals surface area contributed by atoms with E-state index in [9.17, 15) is 4.79 Å². The molecule has 2 aliphatic rings. The average molecular weight is 294 g/mol. The normalized spacial score (nSPS) is 18.1. The summed E-state index contributed by atoms with van der Waals surface area (Å²) in [5.41, 5.74) is 4.07. The molecular formula is C17H18N4O. The Morgan fingerprint density at radius 2 is 1.95 bits per heavy atom. The van der Waals surface area contributed by atoms with E-state index in [-0.39, 0.29) is 6.03 Å². The highest BCUT2D eigenvalue weighted by Gasteiger charge is 2.35. The number of carbonyl (C=O) groups excluding carboxylic acids is 1. The minimum Gasteiger partial charge on any atom is -0.292 e. The van der Waals surface area contributed by atoms with Gasteiger partial charge in [0.25, 0.3) is 0 Å². The number of amides is 2. The van der Waals surface area contributed by atoms with Crippen molar-refractivity contribution in [1.82, 2.24) is 9.97 Å². The SMILES string of the molecule is Cc1cc(N2CCN(c3cnccc3C3CC3)C2=O)ccn1. The fourth-order valence-electron chi connectivity index (χ4n) is 3.06. The predicted octanol–water partition coefficient (Wildman–Crippen LogP) is 3.11. The number of anilines is 2. The first kappa shape index (κ1) is 13.2. The number of aromatic nitrogens is 2. The molecule has 1 aliphatic heterocycles. The Kier molecular flexibility index (Phi) is 3.06. The second-order valence-electron chi connectivity index (χ2n) is 5.95. The van der Waals surface area contributed by atoms with Crippen LogP contribution < -0.4 is 9.80 Å². The quantitative estimate of drug-likeness (QED) is 0.874. The first-order valence-electron chi connectivity index (χ1n) is 7.69. The molecule has 2 fully saturated rings. The predicted molar refractivity (Wildman–Crippen MR) is 85.3 cm³/mol. The lowest BCUT2D eigenvalue weighted by Gasteiger charge is -2.21. The van der Waals surface area contributed by atoms with Gasteiger partial charge in [-0.15, -0.1) is 0 Å². The van der Waals surface area contributed by atoms with Crippen LogP contribution in [0.1, 0.15) is 30.0 Å². The summed E-state index contributed by atoms with van der Waals surface area (Å²) < 4.78 is 0. The zero-order chi connectivity index (χ0) is 15.1. The van der Waals surface area contributed by atoms with Crippen LogP contribution in [0.25, 0.3) is 0 Å². The minimum atomic E-state index is 0.0282. The number of rotatable bonds is 3. The van der Waals surface area contributed by atoms with Gasteiger partial charge in [-0.2, -0.15) is 0 Å². The Balaban J connectivity index is 1.64. The zero-order valence-electron chi connectivity index (χ0n) is 12.6. The van der Waals surface area contributed by atoms with Crippen molar-refractivity contribution in [2.24, 2.45) is 0 Å². The lowest BCUT2D eigenvalue weighted by molar-refractivity contribution is 0.256. The van der Waals surface area contributed by atoms with E-state index < -0.39 is 0 Å². The summed E-state index contributed by atoms with van der Waals surface area (Å²) >= 11 is 0. The summed E-state index contributed by atoms with van der Waals surface area (Å²) in [6.07, 6.45) is 7.83. The largest absolute Gasteiger partial charge is 0.329 e. The molecule has 0 N–H and O–H groups in total. The molecule has 0 atom stereocenters. The van der Waals surface area contributed by atoms with Gasteiger partial charge in [0, 0.05) is 36.9 Å². The molecule has 0 unspecified atom stereocenters. The second-order valence-corrected chi connectivity index (χ2v) is 5.95. The van der Waals surface area contributed by atoms with Crippen LogP contribution in [0.2, 0.25) is 0 Å². The Morgan fingerprint density at radius 1 is 1.14 bits per heavy atom. The van der Waals surface area contributed by atoms with Gasteiger partial charge in [-0.05, 0) is 49.4 Å². The third-order valence-electron chi connectivity index (χ3n) is 4.34. The lowest BCUT2D eigenvalue weighted by atomic mass is 10.1. The summed E-state index contributed by atoms with van der Waals surface area (Å²) in [5, 5.41) is 0. The van der Waals surface area contributed by atoms with Crippen LogP contribution in [0.3, 0.4) is 0 Å². The molecule has 0 bridgehead atoms. The summed E-state index contributed by atoms with van der Waals surface area (Å²) in [4.78, 5) is 24.9. The molecule has 4 rings (SSSR count). The van der Waals surface area contributed by atoms with E-state index in [4.69, 9.17) is 0 Å². The van der Waals surface area contributed by atoms with E-state index in [0.717, 1.165) is 17.1 Å². The fraction of sp³-hybridized carbons (Fsp3) is 0.353. The van der Waals surface area contributed by atoms with Crippen LogP contribution >= 0.6 is 0 Å². The molecule has 0 spiro atoms. The van der Waals surface area contributed by atoms with Crippen LogP contribution in [0, 0.1) is 6.92 Å². The van der Waals surface area contributed by atoms with E-state index in [0.29, 0.717) is 19.0 Å². The van der Waals surface area contributed by atoms with Crippen molar-refractivity contribution in [3.8, 4) is 0 Å². The first-order valence-corrected chi connectivity index (χ1v) is 7.69. The summed E-state index contributed by atoms with van der Waals surface area (Å²) in [6, 6.07) is 5.92. The topological polar surface area (TPSA) is 49.3 Å².